The van der Waals surface area contributed by atoms with Crippen molar-refractivity contribution in [2.45, 2.75) is 32.8 Å². The Morgan fingerprint density at radius 2 is 2.05 bits per heavy atom. The number of rotatable bonds is 5. The first-order valence-electron chi connectivity index (χ1n) is 7.34. The molecular weight excluding hydrogens is 309 g/mol. The van der Waals surface area contributed by atoms with Crippen LogP contribution in [0.5, 0.6) is 5.75 Å². The maximum absolute atomic E-state index is 10.1. The molecule has 1 heterocycles. The minimum atomic E-state index is -0.446. The van der Waals surface area contributed by atoms with Gasteiger partial charge < -0.3 is 27.2 Å². The van der Waals surface area contributed by atoms with Crippen LogP contribution >= 0.6 is 11.6 Å². The highest BCUT2D eigenvalue weighted by Crippen LogP contribution is 2.22. The van der Waals surface area contributed by atoms with Gasteiger partial charge in [-0.2, -0.15) is 0 Å². The van der Waals surface area contributed by atoms with E-state index >= 15 is 0 Å². The Kier molecular flexibility index (Phi) is 7.82. The molecule has 0 saturated carbocycles. The molecule has 0 aromatic heterocycles. The van der Waals surface area contributed by atoms with Gasteiger partial charge in [0.1, 0.15) is 18.5 Å². The van der Waals surface area contributed by atoms with Crippen LogP contribution in [-0.2, 0) is 0 Å². The van der Waals surface area contributed by atoms with E-state index in [0.29, 0.717) is 18.2 Å². The average Bonchev–Trinajstić information content (AvgIpc) is 2.40. The van der Waals surface area contributed by atoms with Crippen LogP contribution in [-0.4, -0.2) is 42.4 Å². The van der Waals surface area contributed by atoms with Gasteiger partial charge in [-0.05, 0) is 62.5 Å². The van der Waals surface area contributed by atoms with Crippen molar-refractivity contribution in [3.63, 3.8) is 0 Å². The number of benzene rings is 1. The number of nitrogens with zero attached hydrogens (tertiary/aromatic N) is 1. The van der Waals surface area contributed by atoms with Crippen molar-refractivity contribution >= 4 is 11.6 Å². The summed E-state index contributed by atoms with van der Waals surface area (Å²) < 4.78 is 5.68. The van der Waals surface area contributed by atoms with Gasteiger partial charge in [-0.3, -0.25) is 0 Å². The number of hydrogen-bond donors (Lipinski definition) is 1. The van der Waals surface area contributed by atoms with Crippen LogP contribution in [0.15, 0.2) is 18.2 Å². The molecule has 1 fully saturated rings. The van der Waals surface area contributed by atoms with Crippen molar-refractivity contribution in [3.8, 4) is 5.75 Å². The van der Waals surface area contributed by atoms with E-state index in [0.717, 1.165) is 30.3 Å². The maximum Gasteiger partial charge on any atom is 0.122 e. The van der Waals surface area contributed by atoms with Crippen molar-refractivity contribution in [3.05, 3.63) is 28.8 Å². The molecule has 2 rings (SSSR count). The van der Waals surface area contributed by atoms with Crippen LogP contribution in [0.3, 0.4) is 0 Å². The van der Waals surface area contributed by atoms with E-state index in [1.165, 1.54) is 12.8 Å². The Morgan fingerprint density at radius 1 is 1.38 bits per heavy atom. The summed E-state index contributed by atoms with van der Waals surface area (Å²) in [5, 5.41) is 10.8. The van der Waals surface area contributed by atoms with E-state index in [4.69, 9.17) is 16.3 Å². The number of halogens is 2. The molecule has 0 radical (unpaired) electrons. The zero-order valence-electron chi connectivity index (χ0n) is 12.7. The van der Waals surface area contributed by atoms with E-state index in [1.807, 2.05) is 25.1 Å². The third-order valence-electron chi connectivity index (χ3n) is 3.91. The fourth-order valence-electron chi connectivity index (χ4n) is 2.56. The Morgan fingerprint density at radius 3 is 2.67 bits per heavy atom. The normalized spacial score (nSPS) is 18.1. The van der Waals surface area contributed by atoms with Crippen LogP contribution in [0.2, 0.25) is 5.02 Å². The van der Waals surface area contributed by atoms with Crippen molar-refractivity contribution in [2.24, 2.45) is 5.92 Å². The third-order valence-corrected chi connectivity index (χ3v) is 4.15. The number of hydrogen-bond acceptors (Lipinski definition) is 3. The molecule has 120 valence electrons. The van der Waals surface area contributed by atoms with Crippen molar-refractivity contribution in [2.75, 3.05) is 26.2 Å². The molecule has 1 unspecified atom stereocenters. The lowest BCUT2D eigenvalue weighted by molar-refractivity contribution is -0.00000645. The highest BCUT2D eigenvalue weighted by atomic mass is 35.5. The first kappa shape index (κ1) is 18.6. The van der Waals surface area contributed by atoms with Gasteiger partial charge in [0.05, 0.1) is 0 Å². The van der Waals surface area contributed by atoms with Crippen LogP contribution in [0.1, 0.15) is 25.3 Å². The Bertz CT molecular complexity index is 434. The second kappa shape index (κ2) is 8.84. The number of ether oxygens (including phenoxy) is 1. The van der Waals surface area contributed by atoms with Crippen LogP contribution in [0.25, 0.3) is 0 Å². The SMILES string of the molecule is Cc1cc(Cl)ccc1OCC(O)CN1CCC(C)CC1.[Cl-]. The molecule has 1 aromatic carbocycles. The van der Waals surface area contributed by atoms with Crippen LogP contribution in [0.4, 0.5) is 0 Å². The van der Waals surface area contributed by atoms with E-state index in [2.05, 4.69) is 11.8 Å². The largest absolute Gasteiger partial charge is 1.00 e. The van der Waals surface area contributed by atoms with Gasteiger partial charge in [-0.25, -0.2) is 0 Å². The predicted octanol–water partition coefficient (Wildman–Crippen LogP) is 0.124. The second-order valence-electron chi connectivity index (χ2n) is 5.86. The zero-order chi connectivity index (χ0) is 14.5. The topological polar surface area (TPSA) is 32.7 Å². The van der Waals surface area contributed by atoms with E-state index in [1.54, 1.807) is 0 Å². The number of likely N-dealkylation sites (tertiary alicyclic amines) is 1. The summed E-state index contributed by atoms with van der Waals surface area (Å²) in [5.74, 6) is 1.61. The van der Waals surface area contributed by atoms with Crippen molar-refractivity contribution in [1.82, 2.24) is 4.90 Å². The lowest BCUT2D eigenvalue weighted by Crippen LogP contribution is -3.00. The molecule has 1 N–H and O–H groups in total. The summed E-state index contributed by atoms with van der Waals surface area (Å²) in [4.78, 5) is 2.32. The maximum atomic E-state index is 10.1. The van der Waals surface area contributed by atoms with Crippen LogP contribution < -0.4 is 17.1 Å². The Labute approximate surface area is 138 Å². The summed E-state index contributed by atoms with van der Waals surface area (Å²) in [6.07, 6.45) is 2.01. The van der Waals surface area contributed by atoms with Gasteiger partial charge in [-0.15, -0.1) is 0 Å². The number of aliphatic hydroxyl groups excluding tert-OH is 1. The average molecular weight is 333 g/mol. The van der Waals surface area contributed by atoms with E-state index < -0.39 is 6.10 Å². The van der Waals surface area contributed by atoms with E-state index in [-0.39, 0.29) is 12.4 Å². The monoisotopic (exact) mass is 332 g/mol. The smallest absolute Gasteiger partial charge is 0.122 e. The molecule has 1 aromatic rings. The molecule has 5 heteroatoms. The molecule has 0 bridgehead atoms. The molecule has 3 nitrogen and oxygen atoms in total. The first-order valence-corrected chi connectivity index (χ1v) is 7.72. The molecule has 0 amide bonds. The number of β-amino-alcohol motifs (C(OH)–C–C–N with tert-alkyl or cyclic N) is 1. The minimum Gasteiger partial charge on any atom is -1.00 e. The highest BCUT2D eigenvalue weighted by Gasteiger charge is 2.18. The first-order chi connectivity index (χ1) is 9.54. The number of aliphatic hydroxyl groups is 1. The number of piperidine rings is 1. The molecule has 1 atom stereocenters. The summed E-state index contributed by atoms with van der Waals surface area (Å²) in [6.45, 7) is 7.43. The second-order valence-corrected chi connectivity index (χ2v) is 6.29. The van der Waals surface area contributed by atoms with Crippen molar-refractivity contribution < 1.29 is 22.3 Å². The molecule has 1 aliphatic heterocycles. The lowest BCUT2D eigenvalue weighted by atomic mass is 9.99. The fourth-order valence-corrected chi connectivity index (χ4v) is 2.78. The molecule has 1 saturated heterocycles. The van der Waals surface area contributed by atoms with Crippen LogP contribution in [0, 0.1) is 12.8 Å². The standard InChI is InChI=1S/C16H24ClNO2.ClH/c1-12-5-7-18(8-6-12)10-15(19)11-20-16-4-3-14(17)9-13(16)2;/h3-4,9,12,15,19H,5-8,10-11H2,1-2H3;1H/p-1. The van der Waals surface area contributed by atoms with Crippen molar-refractivity contribution in [1.29, 1.82) is 0 Å². The molecule has 0 aliphatic carbocycles. The summed E-state index contributed by atoms with van der Waals surface area (Å²) >= 11 is 5.91. The lowest BCUT2D eigenvalue weighted by Gasteiger charge is -2.31. The van der Waals surface area contributed by atoms with Gasteiger partial charge in [0, 0.05) is 11.6 Å². The van der Waals surface area contributed by atoms with E-state index in [9.17, 15) is 5.11 Å². The molecular formula is C16H24Cl2NO2-. The Balaban J connectivity index is 0.00000220. The number of aryl methyl sites for hydroxylation is 1. The van der Waals surface area contributed by atoms with Gasteiger partial charge in [0.25, 0.3) is 0 Å². The molecule has 21 heavy (non-hydrogen) atoms. The summed E-state index contributed by atoms with van der Waals surface area (Å²) in [5.41, 5.74) is 0.997. The van der Waals surface area contributed by atoms with Gasteiger partial charge >= 0.3 is 0 Å². The Hall–Kier alpha value is -0.480. The quantitative estimate of drug-likeness (QED) is 0.831. The van der Waals surface area contributed by atoms with Gasteiger partial charge in [-0.1, -0.05) is 18.5 Å². The van der Waals surface area contributed by atoms with Gasteiger partial charge in [0.2, 0.25) is 0 Å². The minimum absolute atomic E-state index is 0. The van der Waals surface area contributed by atoms with Gasteiger partial charge in [0.15, 0.2) is 0 Å². The summed E-state index contributed by atoms with van der Waals surface area (Å²) in [7, 11) is 0. The summed E-state index contributed by atoms with van der Waals surface area (Å²) in [6, 6.07) is 5.53. The molecule has 0 spiro atoms. The highest BCUT2D eigenvalue weighted by molar-refractivity contribution is 6.30. The zero-order valence-corrected chi connectivity index (χ0v) is 14.2. The molecule has 1 aliphatic rings. The fraction of sp³-hybridized carbons (Fsp3) is 0.625. The third kappa shape index (κ3) is 6.03. The predicted molar refractivity (Wildman–Crippen MR) is 82.5 cm³/mol.